The van der Waals surface area contributed by atoms with E-state index in [0.717, 1.165) is 0 Å². The van der Waals surface area contributed by atoms with Crippen LogP contribution < -0.4 is 10.5 Å². The second-order valence-corrected chi connectivity index (χ2v) is 3.09. The lowest BCUT2D eigenvalue weighted by Gasteiger charge is -2.14. The minimum Gasteiger partial charge on any atom is -0.406 e. The van der Waals surface area contributed by atoms with Crippen LogP contribution in [0.1, 0.15) is 11.6 Å². The molecule has 2 N–H and O–H groups in total. The maximum absolute atomic E-state index is 13.1. The van der Waals surface area contributed by atoms with Gasteiger partial charge in [0.15, 0.2) is 0 Å². The molecular weight excluding hydrogens is 288 g/mol. The summed E-state index contributed by atoms with van der Waals surface area (Å²) in [6, 6.07) is -0.255. The van der Waals surface area contributed by atoms with Crippen LogP contribution in [0.15, 0.2) is 18.2 Å². The Bertz CT molecular complexity index is 397. The van der Waals surface area contributed by atoms with Crippen molar-refractivity contribution in [1.29, 1.82) is 0 Å². The molecule has 18 heavy (non-hydrogen) atoms. The molecule has 1 aromatic rings. The van der Waals surface area contributed by atoms with E-state index in [1.54, 1.807) is 0 Å². The maximum atomic E-state index is 13.1. The van der Waals surface area contributed by atoms with Crippen LogP contribution in [0.25, 0.3) is 0 Å². The fourth-order valence-electron chi connectivity index (χ4n) is 1.11. The van der Waals surface area contributed by atoms with Crippen molar-refractivity contribution in [3.8, 4) is 5.75 Å². The minimum absolute atomic E-state index is 0. The molecule has 0 spiro atoms. The predicted octanol–water partition coefficient (Wildman–Crippen LogP) is 3.41. The lowest BCUT2D eigenvalue weighted by Crippen LogP contribution is -2.21. The highest BCUT2D eigenvalue weighted by Gasteiger charge is 2.32. The van der Waals surface area contributed by atoms with Crippen molar-refractivity contribution in [3.63, 3.8) is 0 Å². The molecule has 1 rings (SSSR count). The van der Waals surface area contributed by atoms with Gasteiger partial charge in [0, 0.05) is 5.56 Å². The first kappa shape index (κ1) is 16.9. The molecule has 0 aromatic heterocycles. The van der Waals surface area contributed by atoms with Crippen molar-refractivity contribution in [2.24, 2.45) is 5.73 Å². The second-order valence-electron chi connectivity index (χ2n) is 3.09. The highest BCUT2D eigenvalue weighted by atomic mass is 35.5. The molecule has 0 heterocycles. The van der Waals surface area contributed by atoms with E-state index in [9.17, 15) is 26.3 Å². The maximum Gasteiger partial charge on any atom is 0.573 e. The van der Waals surface area contributed by atoms with Crippen LogP contribution in [0.4, 0.5) is 26.3 Å². The Hall–Kier alpha value is -1.15. The minimum atomic E-state index is -4.98. The largest absolute Gasteiger partial charge is 0.573 e. The summed E-state index contributed by atoms with van der Waals surface area (Å²) < 4.78 is 76.5. The molecular formula is C9H8ClF6NO. The van der Waals surface area contributed by atoms with Gasteiger partial charge in [0.2, 0.25) is 0 Å². The molecule has 1 aromatic carbocycles. The summed E-state index contributed by atoms with van der Waals surface area (Å²) >= 11 is 0. The molecule has 0 fully saturated rings. The first-order valence-electron chi connectivity index (χ1n) is 4.29. The van der Waals surface area contributed by atoms with Gasteiger partial charge in [-0.2, -0.15) is 0 Å². The number of rotatable bonds is 3. The molecule has 1 atom stereocenters. The molecule has 9 heteroatoms. The fraction of sp³-hybridized carbons (Fsp3) is 0.333. The number of hydrogen-bond acceptors (Lipinski definition) is 2. The van der Waals surface area contributed by atoms with E-state index in [4.69, 9.17) is 5.73 Å². The van der Waals surface area contributed by atoms with Crippen LogP contribution in [0, 0.1) is 5.82 Å². The van der Waals surface area contributed by atoms with Gasteiger partial charge >= 0.3 is 6.36 Å². The summed E-state index contributed by atoms with van der Waals surface area (Å²) in [5.74, 6) is -1.92. The zero-order valence-corrected chi connectivity index (χ0v) is 9.36. The Morgan fingerprint density at radius 3 is 2.17 bits per heavy atom. The molecule has 0 radical (unpaired) electrons. The van der Waals surface area contributed by atoms with E-state index in [1.807, 2.05) is 0 Å². The molecule has 0 unspecified atom stereocenters. The van der Waals surface area contributed by atoms with Gasteiger partial charge in [-0.05, 0) is 18.2 Å². The Kier molecular flexibility index (Phi) is 5.75. The van der Waals surface area contributed by atoms with Crippen LogP contribution in [-0.4, -0.2) is 12.8 Å². The zero-order valence-electron chi connectivity index (χ0n) is 8.55. The predicted molar refractivity (Wildman–Crippen MR) is 53.3 cm³/mol. The molecule has 104 valence electrons. The standard InChI is InChI=1S/C9H7F6NO.ClH/c10-6-2-1-4(17-9(13,14)15)3-5(6)7(16)8(11)12;/h1-3,7-8H,16H2;1H/t7-;/m1./s1. The second kappa shape index (κ2) is 6.14. The molecule has 0 aliphatic heterocycles. The Morgan fingerprint density at radius 1 is 1.17 bits per heavy atom. The van der Waals surface area contributed by atoms with Gasteiger partial charge in [-0.25, -0.2) is 13.2 Å². The van der Waals surface area contributed by atoms with Crippen molar-refractivity contribution in [2.75, 3.05) is 0 Å². The van der Waals surface area contributed by atoms with E-state index in [0.29, 0.717) is 18.2 Å². The highest BCUT2D eigenvalue weighted by Crippen LogP contribution is 2.28. The van der Waals surface area contributed by atoms with Gasteiger partial charge in [0.1, 0.15) is 11.6 Å². The Labute approximate surface area is 104 Å². The molecule has 2 nitrogen and oxygen atoms in total. The number of ether oxygens (including phenoxy) is 1. The third-order valence-corrected chi connectivity index (χ3v) is 1.83. The van der Waals surface area contributed by atoms with Gasteiger partial charge in [0.25, 0.3) is 6.43 Å². The lowest BCUT2D eigenvalue weighted by molar-refractivity contribution is -0.274. The van der Waals surface area contributed by atoms with Crippen LogP contribution >= 0.6 is 12.4 Å². The zero-order chi connectivity index (χ0) is 13.2. The lowest BCUT2D eigenvalue weighted by atomic mass is 10.1. The smallest absolute Gasteiger partial charge is 0.406 e. The molecule has 0 saturated carbocycles. The average Bonchev–Trinajstić information content (AvgIpc) is 2.17. The molecule has 0 aliphatic rings. The summed E-state index contributed by atoms with van der Waals surface area (Å²) in [7, 11) is 0. The quantitative estimate of drug-likeness (QED) is 0.867. The van der Waals surface area contributed by atoms with E-state index < -0.39 is 36.0 Å². The summed E-state index contributed by atoms with van der Waals surface area (Å²) in [5, 5.41) is 0. The molecule has 0 amide bonds. The van der Waals surface area contributed by atoms with Crippen LogP contribution in [0.3, 0.4) is 0 Å². The third kappa shape index (κ3) is 4.61. The van der Waals surface area contributed by atoms with E-state index in [1.165, 1.54) is 0 Å². The summed E-state index contributed by atoms with van der Waals surface area (Å²) in [6.45, 7) is 0. The Balaban J connectivity index is 0.00000289. The van der Waals surface area contributed by atoms with Crippen molar-refractivity contribution >= 4 is 12.4 Å². The van der Waals surface area contributed by atoms with Crippen LogP contribution in [0.2, 0.25) is 0 Å². The van der Waals surface area contributed by atoms with Crippen molar-refractivity contribution in [3.05, 3.63) is 29.6 Å². The summed E-state index contributed by atoms with van der Waals surface area (Å²) in [5.41, 5.74) is 4.21. The van der Waals surface area contributed by atoms with Crippen molar-refractivity contribution < 1.29 is 31.1 Å². The van der Waals surface area contributed by atoms with E-state index >= 15 is 0 Å². The Morgan fingerprint density at radius 2 is 1.72 bits per heavy atom. The number of halogens is 7. The number of alkyl halides is 5. The first-order chi connectivity index (χ1) is 7.70. The molecule has 0 aliphatic carbocycles. The van der Waals surface area contributed by atoms with E-state index in [2.05, 4.69) is 4.74 Å². The number of hydrogen-bond donors (Lipinski definition) is 1. The summed E-state index contributed by atoms with van der Waals surface area (Å²) in [6.07, 6.45) is -8.07. The van der Waals surface area contributed by atoms with E-state index in [-0.39, 0.29) is 12.4 Å². The summed E-state index contributed by atoms with van der Waals surface area (Å²) in [4.78, 5) is 0. The highest BCUT2D eigenvalue weighted by molar-refractivity contribution is 5.85. The van der Waals surface area contributed by atoms with Crippen molar-refractivity contribution in [1.82, 2.24) is 0 Å². The molecule has 0 saturated heterocycles. The number of benzene rings is 1. The topological polar surface area (TPSA) is 35.2 Å². The SMILES string of the molecule is Cl.N[C@H](c1cc(OC(F)(F)F)ccc1F)C(F)F. The van der Waals surface area contributed by atoms with Gasteiger partial charge in [0.05, 0.1) is 6.04 Å². The van der Waals surface area contributed by atoms with Crippen LogP contribution in [-0.2, 0) is 0 Å². The van der Waals surface area contributed by atoms with Gasteiger partial charge in [-0.15, -0.1) is 25.6 Å². The average molecular weight is 296 g/mol. The van der Waals surface area contributed by atoms with Crippen LogP contribution in [0.5, 0.6) is 5.75 Å². The van der Waals surface area contributed by atoms with Gasteiger partial charge in [-0.3, -0.25) is 0 Å². The fourth-order valence-corrected chi connectivity index (χ4v) is 1.11. The van der Waals surface area contributed by atoms with Gasteiger partial charge < -0.3 is 10.5 Å². The van der Waals surface area contributed by atoms with Crippen molar-refractivity contribution in [2.45, 2.75) is 18.8 Å². The first-order valence-corrected chi connectivity index (χ1v) is 4.29. The molecule has 0 bridgehead atoms. The third-order valence-electron chi connectivity index (χ3n) is 1.83. The number of nitrogens with two attached hydrogens (primary N) is 1. The monoisotopic (exact) mass is 295 g/mol. The normalized spacial score (nSPS) is 13.1. The van der Waals surface area contributed by atoms with Gasteiger partial charge in [-0.1, -0.05) is 0 Å².